The minimum absolute atomic E-state index is 0.271. The number of methoxy groups -OCH3 is 2. The first-order chi connectivity index (χ1) is 12.0. The molecular weight excluding hydrogens is 318 g/mol. The second-order valence-corrected chi connectivity index (χ2v) is 5.07. The van der Waals surface area contributed by atoms with Crippen LogP contribution in [0, 0.1) is 0 Å². The number of para-hydroxylation sites is 1. The highest BCUT2D eigenvalue weighted by molar-refractivity contribution is 6.08. The number of nitrogens with one attached hydrogen (secondary N) is 1. The fourth-order valence-electron chi connectivity index (χ4n) is 2.40. The summed E-state index contributed by atoms with van der Waals surface area (Å²) < 4.78 is 10.3. The van der Waals surface area contributed by atoms with Crippen molar-refractivity contribution in [2.45, 2.75) is 0 Å². The van der Waals surface area contributed by atoms with Crippen molar-refractivity contribution in [3.63, 3.8) is 0 Å². The standard InChI is InChI=1S/C20H19NO4/c1-5-15(17(6-2)24-3)16(22)11-10-14-12-13-8-7-9-18(25-4)19(13)21-20(14)23/h5-12H,1-2H2,3-4H3,(H,21,23)/b11-10+,17-15-. The number of hydrogen-bond donors (Lipinski definition) is 1. The summed E-state index contributed by atoms with van der Waals surface area (Å²) in [7, 11) is 2.98. The van der Waals surface area contributed by atoms with Gasteiger partial charge in [-0.25, -0.2) is 0 Å². The van der Waals surface area contributed by atoms with Crippen molar-refractivity contribution in [1.29, 1.82) is 0 Å². The van der Waals surface area contributed by atoms with Crippen molar-refractivity contribution in [2.75, 3.05) is 14.2 Å². The van der Waals surface area contributed by atoms with E-state index in [-0.39, 0.29) is 16.9 Å². The molecule has 5 nitrogen and oxygen atoms in total. The monoisotopic (exact) mass is 337 g/mol. The molecule has 1 aromatic heterocycles. The lowest BCUT2D eigenvalue weighted by atomic mass is 10.1. The van der Waals surface area contributed by atoms with Crippen LogP contribution in [0.1, 0.15) is 5.56 Å². The quantitative estimate of drug-likeness (QED) is 0.478. The van der Waals surface area contributed by atoms with Crippen LogP contribution >= 0.6 is 0 Å². The molecule has 0 bridgehead atoms. The fourth-order valence-corrected chi connectivity index (χ4v) is 2.40. The van der Waals surface area contributed by atoms with Gasteiger partial charge in [-0.2, -0.15) is 0 Å². The molecule has 0 aliphatic heterocycles. The third kappa shape index (κ3) is 3.77. The number of allylic oxidation sites excluding steroid dienone is 4. The number of aromatic nitrogens is 1. The zero-order valence-corrected chi connectivity index (χ0v) is 14.2. The summed E-state index contributed by atoms with van der Waals surface area (Å²) in [5, 5.41) is 0.800. The van der Waals surface area contributed by atoms with Crippen LogP contribution in [0.2, 0.25) is 0 Å². The number of ether oxygens (including phenoxy) is 2. The maximum Gasteiger partial charge on any atom is 0.255 e. The smallest absolute Gasteiger partial charge is 0.255 e. The van der Waals surface area contributed by atoms with E-state index in [1.165, 1.54) is 38.5 Å². The van der Waals surface area contributed by atoms with Crippen molar-refractivity contribution >= 4 is 22.8 Å². The third-order valence-electron chi connectivity index (χ3n) is 3.64. The predicted octanol–water partition coefficient (Wildman–Crippen LogP) is 3.39. The zero-order valence-electron chi connectivity index (χ0n) is 14.2. The molecule has 0 amide bonds. The van der Waals surface area contributed by atoms with E-state index >= 15 is 0 Å². The van der Waals surface area contributed by atoms with Crippen molar-refractivity contribution in [3.8, 4) is 5.75 Å². The van der Waals surface area contributed by atoms with Gasteiger partial charge in [0, 0.05) is 10.9 Å². The predicted molar refractivity (Wildman–Crippen MR) is 99.6 cm³/mol. The lowest BCUT2D eigenvalue weighted by Gasteiger charge is -2.06. The molecule has 1 aromatic carbocycles. The Morgan fingerprint density at radius 3 is 2.56 bits per heavy atom. The molecule has 0 aliphatic rings. The second-order valence-electron chi connectivity index (χ2n) is 5.07. The first-order valence-corrected chi connectivity index (χ1v) is 7.51. The van der Waals surface area contributed by atoms with Gasteiger partial charge in [-0.3, -0.25) is 9.59 Å². The number of H-pyrrole nitrogens is 1. The highest BCUT2D eigenvalue weighted by Crippen LogP contribution is 2.22. The van der Waals surface area contributed by atoms with Crippen LogP contribution in [0.3, 0.4) is 0 Å². The van der Waals surface area contributed by atoms with Crippen LogP contribution in [0.25, 0.3) is 17.0 Å². The van der Waals surface area contributed by atoms with Crippen LogP contribution in [0.4, 0.5) is 0 Å². The van der Waals surface area contributed by atoms with Crippen LogP contribution in [-0.2, 0) is 9.53 Å². The van der Waals surface area contributed by atoms with E-state index in [0.29, 0.717) is 22.6 Å². The van der Waals surface area contributed by atoms with Crippen molar-refractivity contribution in [2.24, 2.45) is 0 Å². The van der Waals surface area contributed by atoms with Gasteiger partial charge in [-0.05, 0) is 30.4 Å². The first kappa shape index (κ1) is 18.0. The van der Waals surface area contributed by atoms with Crippen LogP contribution in [-0.4, -0.2) is 25.0 Å². The highest BCUT2D eigenvalue weighted by atomic mass is 16.5. The minimum atomic E-state index is -0.336. The summed E-state index contributed by atoms with van der Waals surface area (Å²) in [5.74, 6) is 0.562. The van der Waals surface area contributed by atoms with E-state index in [1.54, 1.807) is 12.1 Å². The third-order valence-corrected chi connectivity index (χ3v) is 3.64. The lowest BCUT2D eigenvalue weighted by molar-refractivity contribution is -0.111. The highest BCUT2D eigenvalue weighted by Gasteiger charge is 2.09. The van der Waals surface area contributed by atoms with Crippen LogP contribution in [0.15, 0.2) is 71.8 Å². The Kier molecular flexibility index (Phi) is 5.74. The summed E-state index contributed by atoms with van der Waals surface area (Å²) in [6, 6.07) is 7.14. The molecule has 128 valence electrons. The molecule has 1 heterocycles. The zero-order chi connectivity index (χ0) is 18.4. The lowest BCUT2D eigenvalue weighted by Crippen LogP contribution is -2.10. The molecule has 2 rings (SSSR count). The molecule has 0 radical (unpaired) electrons. The molecule has 5 heteroatoms. The Morgan fingerprint density at radius 1 is 1.20 bits per heavy atom. The number of ketones is 1. The molecule has 0 aliphatic carbocycles. The Balaban J connectivity index is 2.45. The molecule has 1 N–H and O–H groups in total. The van der Waals surface area contributed by atoms with Crippen LogP contribution in [0.5, 0.6) is 5.75 Å². The Hall–Kier alpha value is -3.34. The molecule has 0 atom stereocenters. The van der Waals surface area contributed by atoms with E-state index < -0.39 is 0 Å². The van der Waals surface area contributed by atoms with Gasteiger partial charge in [0.1, 0.15) is 11.5 Å². The van der Waals surface area contributed by atoms with E-state index in [0.717, 1.165) is 5.39 Å². The van der Waals surface area contributed by atoms with Gasteiger partial charge in [0.15, 0.2) is 5.78 Å². The van der Waals surface area contributed by atoms with Crippen LogP contribution < -0.4 is 10.3 Å². The summed E-state index contributed by atoms with van der Waals surface area (Å²) in [6.45, 7) is 7.20. The second kappa shape index (κ2) is 7.97. The number of aromatic amines is 1. The Labute approximate surface area is 145 Å². The number of pyridine rings is 1. The normalized spacial score (nSPS) is 11.9. The van der Waals surface area contributed by atoms with Gasteiger partial charge >= 0.3 is 0 Å². The van der Waals surface area contributed by atoms with Gasteiger partial charge in [0.2, 0.25) is 0 Å². The summed E-state index contributed by atoms with van der Waals surface area (Å²) in [5.41, 5.74) is 0.919. The first-order valence-electron chi connectivity index (χ1n) is 7.51. The molecule has 0 spiro atoms. The summed E-state index contributed by atoms with van der Waals surface area (Å²) in [4.78, 5) is 27.3. The van der Waals surface area contributed by atoms with E-state index in [4.69, 9.17) is 9.47 Å². The molecule has 0 saturated heterocycles. The fraction of sp³-hybridized carbons (Fsp3) is 0.100. The molecule has 2 aromatic rings. The summed E-state index contributed by atoms with van der Waals surface area (Å²) in [6.07, 6.45) is 5.58. The number of hydrogen-bond acceptors (Lipinski definition) is 4. The minimum Gasteiger partial charge on any atom is -0.496 e. The number of fused-ring (bicyclic) bond motifs is 1. The van der Waals surface area contributed by atoms with Gasteiger partial charge in [-0.15, -0.1) is 0 Å². The Bertz CT molecular complexity index is 948. The largest absolute Gasteiger partial charge is 0.496 e. The average Bonchev–Trinajstić information content (AvgIpc) is 2.63. The number of carbonyl (C=O) groups excluding carboxylic acids is 1. The van der Waals surface area contributed by atoms with E-state index in [1.807, 2.05) is 12.1 Å². The number of benzene rings is 1. The van der Waals surface area contributed by atoms with Gasteiger partial charge in [0.25, 0.3) is 5.56 Å². The van der Waals surface area contributed by atoms with E-state index in [9.17, 15) is 9.59 Å². The summed E-state index contributed by atoms with van der Waals surface area (Å²) >= 11 is 0. The molecule has 0 saturated carbocycles. The average molecular weight is 337 g/mol. The van der Waals surface area contributed by atoms with Gasteiger partial charge in [-0.1, -0.05) is 31.4 Å². The topological polar surface area (TPSA) is 68.4 Å². The molecule has 0 fully saturated rings. The van der Waals surface area contributed by atoms with Gasteiger partial charge in [0.05, 0.1) is 25.3 Å². The van der Waals surface area contributed by atoms with E-state index in [2.05, 4.69) is 18.1 Å². The Morgan fingerprint density at radius 2 is 1.96 bits per heavy atom. The van der Waals surface area contributed by atoms with Crippen molar-refractivity contribution in [3.05, 3.63) is 82.9 Å². The molecule has 25 heavy (non-hydrogen) atoms. The number of rotatable bonds is 7. The number of carbonyl (C=O) groups is 1. The van der Waals surface area contributed by atoms with Gasteiger partial charge < -0.3 is 14.5 Å². The SMILES string of the molecule is C=C/C(OC)=C(\C=C)C(=O)/C=C/c1cc2cccc(OC)c2[nH]c1=O. The van der Waals surface area contributed by atoms with Crippen molar-refractivity contribution in [1.82, 2.24) is 4.98 Å². The molecule has 0 unspecified atom stereocenters. The maximum absolute atomic E-state index is 12.3. The maximum atomic E-state index is 12.3. The van der Waals surface area contributed by atoms with Crippen molar-refractivity contribution < 1.29 is 14.3 Å². The molecular formula is C20H19NO4.